The van der Waals surface area contributed by atoms with Gasteiger partial charge in [0.15, 0.2) is 5.13 Å². The molecule has 1 unspecified atom stereocenters. The zero-order chi connectivity index (χ0) is 14.7. The van der Waals surface area contributed by atoms with E-state index in [1.165, 1.54) is 10.3 Å². The van der Waals surface area contributed by atoms with Crippen molar-refractivity contribution in [1.82, 2.24) is 4.98 Å². The number of anilines is 1. The molecular formula is C17H18N2OS. The molecule has 0 radical (unpaired) electrons. The third-order valence-electron chi connectivity index (χ3n) is 3.18. The van der Waals surface area contributed by atoms with Crippen molar-refractivity contribution in [1.29, 1.82) is 0 Å². The maximum Gasteiger partial charge on any atom is 0.184 e. The van der Waals surface area contributed by atoms with Gasteiger partial charge in [-0.1, -0.05) is 41.2 Å². The molecule has 0 bridgehead atoms. The summed E-state index contributed by atoms with van der Waals surface area (Å²) in [6.07, 6.45) is 0. The molecule has 0 saturated carbocycles. The van der Waals surface area contributed by atoms with Crippen LogP contribution in [-0.2, 0) is 0 Å². The number of rotatable bonds is 5. The normalized spacial score (nSPS) is 12.3. The highest BCUT2D eigenvalue weighted by Gasteiger charge is 2.07. The Kier molecular flexibility index (Phi) is 4.06. The maximum atomic E-state index is 5.78. The third-order valence-corrected chi connectivity index (χ3v) is 4.15. The van der Waals surface area contributed by atoms with Crippen molar-refractivity contribution in [2.24, 2.45) is 0 Å². The lowest BCUT2D eigenvalue weighted by atomic mass is 10.2. The molecule has 3 rings (SSSR count). The number of fused-ring (bicyclic) bond motifs is 1. The molecule has 2 aromatic carbocycles. The van der Waals surface area contributed by atoms with Crippen LogP contribution in [0.25, 0.3) is 10.2 Å². The minimum absolute atomic E-state index is 0.201. The van der Waals surface area contributed by atoms with Crippen LogP contribution in [0.15, 0.2) is 48.5 Å². The standard InChI is InChI=1S/C17H18N2OS/c1-12-7-9-14(10-8-12)20-11-13(2)18-17-19-15-5-3-4-6-16(15)21-17/h3-10,13H,11H2,1-2H3,(H,18,19). The van der Waals surface area contributed by atoms with Crippen LogP contribution in [0.5, 0.6) is 5.75 Å². The Morgan fingerprint density at radius 2 is 1.90 bits per heavy atom. The summed E-state index contributed by atoms with van der Waals surface area (Å²) in [5.74, 6) is 0.901. The van der Waals surface area contributed by atoms with Crippen LogP contribution >= 0.6 is 11.3 Å². The molecular weight excluding hydrogens is 280 g/mol. The van der Waals surface area contributed by atoms with Crippen LogP contribution < -0.4 is 10.1 Å². The summed E-state index contributed by atoms with van der Waals surface area (Å²) in [6.45, 7) is 4.78. The van der Waals surface area contributed by atoms with Gasteiger partial charge in [0.2, 0.25) is 0 Å². The fourth-order valence-electron chi connectivity index (χ4n) is 2.04. The minimum Gasteiger partial charge on any atom is -0.491 e. The number of nitrogens with one attached hydrogen (secondary N) is 1. The Bertz CT molecular complexity index is 688. The Labute approximate surface area is 128 Å². The van der Waals surface area contributed by atoms with Crippen LogP contribution in [-0.4, -0.2) is 17.6 Å². The molecule has 0 aliphatic carbocycles. The Morgan fingerprint density at radius 3 is 2.67 bits per heavy atom. The van der Waals surface area contributed by atoms with E-state index >= 15 is 0 Å². The van der Waals surface area contributed by atoms with Crippen molar-refractivity contribution in [3.05, 3.63) is 54.1 Å². The second kappa shape index (κ2) is 6.14. The number of thiazole rings is 1. The van der Waals surface area contributed by atoms with Crippen LogP contribution in [0.2, 0.25) is 0 Å². The lowest BCUT2D eigenvalue weighted by Crippen LogP contribution is -2.23. The number of ether oxygens (including phenoxy) is 1. The van der Waals surface area contributed by atoms with Gasteiger partial charge in [0.25, 0.3) is 0 Å². The SMILES string of the molecule is Cc1ccc(OCC(C)Nc2nc3ccccc3s2)cc1. The molecule has 0 spiro atoms. The molecule has 108 valence electrons. The number of nitrogens with zero attached hydrogens (tertiary/aromatic N) is 1. The van der Waals surface area contributed by atoms with Gasteiger partial charge in [-0.3, -0.25) is 0 Å². The summed E-state index contributed by atoms with van der Waals surface area (Å²) < 4.78 is 6.98. The van der Waals surface area contributed by atoms with Gasteiger partial charge in [-0.05, 0) is 38.1 Å². The largest absolute Gasteiger partial charge is 0.491 e. The Morgan fingerprint density at radius 1 is 1.14 bits per heavy atom. The summed E-state index contributed by atoms with van der Waals surface area (Å²) in [5.41, 5.74) is 2.28. The number of aromatic nitrogens is 1. The van der Waals surface area contributed by atoms with Crippen molar-refractivity contribution >= 4 is 26.7 Å². The van der Waals surface area contributed by atoms with Gasteiger partial charge < -0.3 is 10.1 Å². The van der Waals surface area contributed by atoms with E-state index in [0.29, 0.717) is 6.61 Å². The maximum absolute atomic E-state index is 5.78. The molecule has 1 heterocycles. The zero-order valence-corrected chi connectivity index (χ0v) is 13.0. The second-order valence-electron chi connectivity index (χ2n) is 5.16. The smallest absolute Gasteiger partial charge is 0.184 e. The minimum atomic E-state index is 0.201. The van der Waals surface area contributed by atoms with Crippen molar-refractivity contribution in [2.75, 3.05) is 11.9 Å². The van der Waals surface area contributed by atoms with Crippen molar-refractivity contribution in [3.63, 3.8) is 0 Å². The first-order valence-electron chi connectivity index (χ1n) is 7.02. The van der Waals surface area contributed by atoms with Gasteiger partial charge in [-0.2, -0.15) is 0 Å². The van der Waals surface area contributed by atoms with Crippen molar-refractivity contribution < 1.29 is 4.74 Å². The predicted molar refractivity (Wildman–Crippen MR) is 89.4 cm³/mol. The van der Waals surface area contributed by atoms with Crippen LogP contribution in [0.1, 0.15) is 12.5 Å². The van der Waals surface area contributed by atoms with E-state index in [2.05, 4.69) is 42.3 Å². The van der Waals surface area contributed by atoms with Crippen LogP contribution in [0.3, 0.4) is 0 Å². The van der Waals surface area contributed by atoms with Crippen molar-refractivity contribution in [2.45, 2.75) is 19.9 Å². The quantitative estimate of drug-likeness (QED) is 0.754. The first-order chi connectivity index (χ1) is 10.2. The van der Waals surface area contributed by atoms with E-state index in [0.717, 1.165) is 16.4 Å². The molecule has 0 amide bonds. The van der Waals surface area contributed by atoms with E-state index < -0.39 is 0 Å². The second-order valence-corrected chi connectivity index (χ2v) is 6.19. The highest BCUT2D eigenvalue weighted by Crippen LogP contribution is 2.25. The van der Waals surface area contributed by atoms with E-state index in [9.17, 15) is 0 Å². The van der Waals surface area contributed by atoms with Gasteiger partial charge >= 0.3 is 0 Å². The monoisotopic (exact) mass is 298 g/mol. The molecule has 0 aliphatic heterocycles. The fraction of sp³-hybridized carbons (Fsp3) is 0.235. The highest BCUT2D eigenvalue weighted by molar-refractivity contribution is 7.22. The third kappa shape index (κ3) is 3.52. The molecule has 0 fully saturated rings. The highest BCUT2D eigenvalue weighted by atomic mass is 32.1. The van der Waals surface area contributed by atoms with Gasteiger partial charge in [0.05, 0.1) is 16.3 Å². The van der Waals surface area contributed by atoms with Crippen molar-refractivity contribution in [3.8, 4) is 5.75 Å². The number of aryl methyl sites for hydroxylation is 1. The molecule has 1 N–H and O–H groups in total. The van der Waals surface area contributed by atoms with Gasteiger partial charge in [0.1, 0.15) is 12.4 Å². The van der Waals surface area contributed by atoms with Gasteiger partial charge in [-0.25, -0.2) is 4.98 Å². The summed E-state index contributed by atoms with van der Waals surface area (Å²) in [6, 6.07) is 16.5. The van der Waals surface area contributed by atoms with E-state index in [1.807, 2.05) is 30.3 Å². The summed E-state index contributed by atoms with van der Waals surface area (Å²) in [7, 11) is 0. The Hall–Kier alpha value is -2.07. The fourth-order valence-corrected chi connectivity index (χ4v) is 3.02. The molecule has 3 nitrogen and oxygen atoms in total. The molecule has 4 heteroatoms. The van der Waals surface area contributed by atoms with Gasteiger partial charge in [0, 0.05) is 0 Å². The molecule has 1 aromatic heterocycles. The van der Waals surface area contributed by atoms with E-state index in [-0.39, 0.29) is 6.04 Å². The molecule has 21 heavy (non-hydrogen) atoms. The number of benzene rings is 2. The summed E-state index contributed by atoms with van der Waals surface area (Å²) >= 11 is 1.67. The van der Waals surface area contributed by atoms with E-state index in [4.69, 9.17) is 4.74 Å². The van der Waals surface area contributed by atoms with Gasteiger partial charge in [-0.15, -0.1) is 0 Å². The Balaban J connectivity index is 1.58. The molecule has 3 aromatic rings. The lowest BCUT2D eigenvalue weighted by Gasteiger charge is -2.14. The first-order valence-corrected chi connectivity index (χ1v) is 7.84. The average Bonchev–Trinajstić information content (AvgIpc) is 2.88. The number of hydrogen-bond donors (Lipinski definition) is 1. The molecule has 0 aliphatic rings. The first kappa shape index (κ1) is 13.9. The number of para-hydroxylation sites is 1. The summed E-state index contributed by atoms with van der Waals surface area (Å²) in [4.78, 5) is 4.57. The lowest BCUT2D eigenvalue weighted by molar-refractivity contribution is 0.304. The molecule has 1 atom stereocenters. The zero-order valence-electron chi connectivity index (χ0n) is 12.2. The topological polar surface area (TPSA) is 34.1 Å². The summed E-state index contributed by atoms with van der Waals surface area (Å²) in [5, 5.41) is 4.34. The number of hydrogen-bond acceptors (Lipinski definition) is 4. The predicted octanol–water partition coefficient (Wildman–Crippen LogP) is 4.48. The molecule has 0 saturated heterocycles. The van der Waals surface area contributed by atoms with E-state index in [1.54, 1.807) is 11.3 Å². The van der Waals surface area contributed by atoms with Crippen LogP contribution in [0.4, 0.5) is 5.13 Å². The average molecular weight is 298 g/mol. The van der Waals surface area contributed by atoms with Crippen LogP contribution in [0, 0.1) is 6.92 Å².